The molecule has 1 N–H and O–H groups in total. The first-order chi connectivity index (χ1) is 13.1. The number of carbonyl (C=O) groups is 1. The van der Waals surface area contributed by atoms with Gasteiger partial charge in [-0.25, -0.2) is 0 Å². The second kappa shape index (κ2) is 6.81. The van der Waals surface area contributed by atoms with E-state index in [0.29, 0.717) is 21.8 Å². The molecule has 27 heavy (non-hydrogen) atoms. The van der Waals surface area contributed by atoms with Gasteiger partial charge in [0.15, 0.2) is 5.43 Å². The highest BCUT2D eigenvalue weighted by atomic mass is 16.4. The van der Waals surface area contributed by atoms with Crippen molar-refractivity contribution in [3.8, 4) is 11.8 Å². The smallest absolute Gasteiger partial charge is 0.323 e. The number of aromatic nitrogens is 1. The molecule has 0 radical (unpaired) electrons. The van der Waals surface area contributed by atoms with Gasteiger partial charge in [-0.3, -0.25) is 9.59 Å². The van der Waals surface area contributed by atoms with E-state index in [9.17, 15) is 14.7 Å². The molecule has 4 rings (SSSR count). The molecule has 130 valence electrons. The summed E-state index contributed by atoms with van der Waals surface area (Å²) < 4.78 is 1.65. The van der Waals surface area contributed by atoms with Crippen LogP contribution in [0, 0.1) is 11.8 Å². The third-order valence-electron chi connectivity index (χ3n) is 4.39. The average molecular weight is 353 g/mol. The van der Waals surface area contributed by atoms with Crippen molar-refractivity contribution in [2.75, 3.05) is 0 Å². The number of benzene rings is 3. The quantitative estimate of drug-likeness (QED) is 0.442. The zero-order valence-corrected chi connectivity index (χ0v) is 14.3. The number of carboxylic acids is 1. The van der Waals surface area contributed by atoms with E-state index in [1.807, 2.05) is 30.3 Å². The molecule has 0 aliphatic heterocycles. The van der Waals surface area contributed by atoms with Gasteiger partial charge in [-0.1, -0.05) is 42.2 Å². The Bertz CT molecular complexity index is 1290. The fourth-order valence-corrected chi connectivity index (χ4v) is 3.17. The van der Waals surface area contributed by atoms with E-state index in [-0.39, 0.29) is 12.0 Å². The molecule has 0 saturated carbocycles. The summed E-state index contributed by atoms with van der Waals surface area (Å²) in [7, 11) is 0. The lowest BCUT2D eigenvalue weighted by molar-refractivity contribution is -0.137. The molecule has 1 heterocycles. The SMILES string of the molecule is O=C(O)Cn1c2ccccc2c(=O)c2ccc(C#Cc3ccccc3)cc21. The summed E-state index contributed by atoms with van der Waals surface area (Å²) in [5.41, 5.74) is 2.68. The van der Waals surface area contributed by atoms with E-state index < -0.39 is 5.97 Å². The molecule has 0 unspecified atom stereocenters. The van der Waals surface area contributed by atoms with Crippen LogP contribution in [0.1, 0.15) is 11.1 Å². The number of aliphatic carboxylic acids is 1. The predicted octanol–water partition coefficient (Wildman–Crippen LogP) is 3.64. The highest BCUT2D eigenvalue weighted by Gasteiger charge is 2.12. The van der Waals surface area contributed by atoms with E-state index in [2.05, 4.69) is 11.8 Å². The molecular formula is C23H15NO3. The maximum absolute atomic E-state index is 12.8. The molecule has 4 heteroatoms. The molecule has 0 spiro atoms. The summed E-state index contributed by atoms with van der Waals surface area (Å²) >= 11 is 0. The lowest BCUT2D eigenvalue weighted by atomic mass is 10.1. The van der Waals surface area contributed by atoms with Crippen molar-refractivity contribution in [3.05, 3.63) is 94.1 Å². The van der Waals surface area contributed by atoms with Crippen LogP contribution in [-0.4, -0.2) is 15.6 Å². The largest absolute Gasteiger partial charge is 0.480 e. The van der Waals surface area contributed by atoms with Crippen molar-refractivity contribution in [2.24, 2.45) is 0 Å². The number of carboxylic acid groups (broad SMARTS) is 1. The van der Waals surface area contributed by atoms with E-state index in [4.69, 9.17) is 0 Å². The van der Waals surface area contributed by atoms with Crippen LogP contribution in [0.5, 0.6) is 0 Å². The first kappa shape index (κ1) is 16.6. The van der Waals surface area contributed by atoms with E-state index in [1.165, 1.54) is 0 Å². The second-order valence-electron chi connectivity index (χ2n) is 6.17. The number of hydrogen-bond acceptors (Lipinski definition) is 2. The summed E-state index contributed by atoms with van der Waals surface area (Å²) in [5, 5.41) is 10.3. The Kier molecular flexibility index (Phi) is 4.19. The lowest BCUT2D eigenvalue weighted by Crippen LogP contribution is -2.16. The molecular weight excluding hydrogens is 338 g/mol. The first-order valence-electron chi connectivity index (χ1n) is 8.47. The zero-order valence-electron chi connectivity index (χ0n) is 14.3. The number of rotatable bonds is 2. The molecule has 1 aromatic heterocycles. The van der Waals surface area contributed by atoms with Crippen LogP contribution in [0.15, 0.2) is 77.6 Å². The van der Waals surface area contributed by atoms with Gasteiger partial charge in [-0.15, -0.1) is 0 Å². The molecule has 0 aliphatic rings. The average Bonchev–Trinajstić information content (AvgIpc) is 2.70. The number of pyridine rings is 1. The van der Waals surface area contributed by atoms with Gasteiger partial charge < -0.3 is 9.67 Å². The van der Waals surface area contributed by atoms with Gasteiger partial charge >= 0.3 is 5.97 Å². The summed E-state index contributed by atoms with van der Waals surface area (Å²) in [4.78, 5) is 24.2. The molecule has 0 amide bonds. The third kappa shape index (κ3) is 3.19. The number of nitrogens with zero attached hydrogens (tertiary/aromatic N) is 1. The Labute approximate surface area is 155 Å². The fourth-order valence-electron chi connectivity index (χ4n) is 3.17. The first-order valence-corrected chi connectivity index (χ1v) is 8.47. The third-order valence-corrected chi connectivity index (χ3v) is 4.39. The van der Waals surface area contributed by atoms with E-state index in [1.54, 1.807) is 47.0 Å². The lowest BCUT2D eigenvalue weighted by Gasteiger charge is -2.13. The summed E-state index contributed by atoms with van der Waals surface area (Å²) in [5.74, 6) is 5.21. The molecule has 4 nitrogen and oxygen atoms in total. The second-order valence-corrected chi connectivity index (χ2v) is 6.17. The van der Waals surface area contributed by atoms with Gasteiger partial charge in [-0.2, -0.15) is 0 Å². The Morgan fingerprint density at radius 2 is 1.48 bits per heavy atom. The maximum Gasteiger partial charge on any atom is 0.323 e. The van der Waals surface area contributed by atoms with Crippen molar-refractivity contribution in [1.29, 1.82) is 0 Å². The predicted molar refractivity (Wildman–Crippen MR) is 106 cm³/mol. The van der Waals surface area contributed by atoms with Crippen LogP contribution in [-0.2, 0) is 11.3 Å². The van der Waals surface area contributed by atoms with Crippen molar-refractivity contribution in [3.63, 3.8) is 0 Å². The van der Waals surface area contributed by atoms with E-state index >= 15 is 0 Å². The summed E-state index contributed by atoms with van der Waals surface area (Å²) in [6, 6.07) is 22.0. The Morgan fingerprint density at radius 3 is 2.26 bits per heavy atom. The fraction of sp³-hybridized carbons (Fsp3) is 0.0435. The normalized spacial score (nSPS) is 10.5. The Morgan fingerprint density at radius 1 is 0.815 bits per heavy atom. The standard InChI is InChI=1S/C23H15NO3/c25-22(26)15-24-20-9-5-4-8-18(20)23(27)19-13-12-17(14-21(19)24)11-10-16-6-2-1-3-7-16/h1-9,12-14H,15H2,(H,25,26). The Balaban J connectivity index is 1.97. The minimum atomic E-state index is -0.967. The summed E-state index contributed by atoms with van der Waals surface area (Å²) in [6.45, 7) is -0.229. The number of para-hydroxylation sites is 1. The van der Waals surface area contributed by atoms with Gasteiger partial charge in [0.25, 0.3) is 0 Å². The van der Waals surface area contributed by atoms with Crippen LogP contribution in [0.25, 0.3) is 21.8 Å². The van der Waals surface area contributed by atoms with Crippen LogP contribution < -0.4 is 5.43 Å². The topological polar surface area (TPSA) is 59.3 Å². The van der Waals surface area contributed by atoms with Gasteiger partial charge in [0.1, 0.15) is 6.54 Å². The van der Waals surface area contributed by atoms with Crippen molar-refractivity contribution in [2.45, 2.75) is 6.54 Å². The monoisotopic (exact) mass is 353 g/mol. The van der Waals surface area contributed by atoms with Crippen LogP contribution in [0.3, 0.4) is 0 Å². The zero-order chi connectivity index (χ0) is 18.8. The highest BCUT2D eigenvalue weighted by Crippen LogP contribution is 2.20. The molecule has 3 aromatic carbocycles. The van der Waals surface area contributed by atoms with Gasteiger partial charge in [0.05, 0.1) is 11.0 Å². The minimum Gasteiger partial charge on any atom is -0.480 e. The van der Waals surface area contributed by atoms with Gasteiger partial charge in [0, 0.05) is 21.9 Å². The maximum atomic E-state index is 12.8. The van der Waals surface area contributed by atoms with Crippen LogP contribution in [0.4, 0.5) is 0 Å². The molecule has 0 aliphatic carbocycles. The molecule has 0 atom stereocenters. The molecule has 0 bridgehead atoms. The Hall–Kier alpha value is -3.84. The van der Waals surface area contributed by atoms with Gasteiger partial charge in [-0.05, 0) is 42.5 Å². The summed E-state index contributed by atoms with van der Waals surface area (Å²) in [6.07, 6.45) is 0. The van der Waals surface area contributed by atoms with Crippen LogP contribution in [0.2, 0.25) is 0 Å². The highest BCUT2D eigenvalue weighted by molar-refractivity contribution is 5.95. The van der Waals surface area contributed by atoms with Crippen molar-refractivity contribution >= 4 is 27.8 Å². The van der Waals surface area contributed by atoms with Crippen molar-refractivity contribution < 1.29 is 9.90 Å². The molecule has 0 fully saturated rings. The van der Waals surface area contributed by atoms with Crippen LogP contribution >= 0.6 is 0 Å². The van der Waals surface area contributed by atoms with Crippen molar-refractivity contribution in [1.82, 2.24) is 4.57 Å². The molecule has 0 saturated heterocycles. The number of hydrogen-bond donors (Lipinski definition) is 1. The van der Waals surface area contributed by atoms with E-state index in [0.717, 1.165) is 11.1 Å². The van der Waals surface area contributed by atoms with Gasteiger partial charge in [0.2, 0.25) is 0 Å². The molecule has 4 aromatic rings. The minimum absolute atomic E-state index is 0.107. The number of fused-ring (bicyclic) bond motifs is 2.